The lowest BCUT2D eigenvalue weighted by molar-refractivity contribution is 0.227. The first-order chi connectivity index (χ1) is 10.2. The Labute approximate surface area is 126 Å². The first-order valence-electron chi connectivity index (χ1n) is 7.28. The highest BCUT2D eigenvalue weighted by atomic mass is 16.5. The van der Waals surface area contributed by atoms with Gasteiger partial charge >= 0.3 is 0 Å². The van der Waals surface area contributed by atoms with E-state index in [1.165, 1.54) is 5.56 Å². The van der Waals surface area contributed by atoms with Crippen molar-refractivity contribution < 1.29 is 9.47 Å². The molecule has 3 nitrogen and oxygen atoms in total. The maximum Gasteiger partial charge on any atom is 0.166 e. The van der Waals surface area contributed by atoms with Crippen molar-refractivity contribution in [2.45, 2.75) is 33.0 Å². The zero-order chi connectivity index (χ0) is 15.1. The van der Waals surface area contributed by atoms with E-state index in [0.717, 1.165) is 30.2 Å². The summed E-state index contributed by atoms with van der Waals surface area (Å²) in [5.74, 6) is 1.61. The molecular weight excluding hydrogens is 262 g/mol. The van der Waals surface area contributed by atoms with Gasteiger partial charge in [0.15, 0.2) is 11.5 Å². The molecule has 0 heterocycles. The molecule has 0 atom stereocenters. The van der Waals surface area contributed by atoms with Gasteiger partial charge in [-0.15, -0.1) is 0 Å². The van der Waals surface area contributed by atoms with Crippen LogP contribution in [0.1, 0.15) is 25.0 Å². The van der Waals surface area contributed by atoms with Crippen molar-refractivity contribution in [3.63, 3.8) is 0 Å². The van der Waals surface area contributed by atoms with Crippen LogP contribution >= 0.6 is 0 Å². The summed E-state index contributed by atoms with van der Waals surface area (Å²) >= 11 is 0. The fourth-order valence-electron chi connectivity index (χ4n) is 2.17. The van der Waals surface area contributed by atoms with Gasteiger partial charge in [0.2, 0.25) is 0 Å². The standard InChI is InChI=1S/C18H23NO2/c1-14(2)21-18-16(10-7-11-17(18)20-3)13-19-12-15-8-5-4-6-9-15/h4-11,14,19H,12-13H2,1-3H3. The molecule has 0 bridgehead atoms. The Balaban J connectivity index is 2.05. The Morgan fingerprint density at radius 1 is 0.952 bits per heavy atom. The summed E-state index contributed by atoms with van der Waals surface area (Å²) in [6.07, 6.45) is 0.120. The van der Waals surface area contributed by atoms with E-state index in [2.05, 4.69) is 35.6 Å². The van der Waals surface area contributed by atoms with E-state index in [9.17, 15) is 0 Å². The number of ether oxygens (including phenoxy) is 2. The summed E-state index contributed by atoms with van der Waals surface area (Å²) in [7, 11) is 1.67. The smallest absolute Gasteiger partial charge is 0.166 e. The van der Waals surface area contributed by atoms with Gasteiger partial charge in [0.05, 0.1) is 13.2 Å². The van der Waals surface area contributed by atoms with Gasteiger partial charge in [-0.25, -0.2) is 0 Å². The Kier molecular flexibility index (Phi) is 5.64. The van der Waals surface area contributed by atoms with Crippen molar-refractivity contribution in [1.82, 2.24) is 5.32 Å². The second-order valence-corrected chi connectivity index (χ2v) is 5.20. The van der Waals surface area contributed by atoms with E-state index in [1.807, 2.05) is 32.0 Å². The third kappa shape index (κ3) is 4.50. The van der Waals surface area contributed by atoms with E-state index in [4.69, 9.17) is 9.47 Å². The molecule has 0 aliphatic carbocycles. The van der Waals surface area contributed by atoms with Gasteiger partial charge in [0.25, 0.3) is 0 Å². The molecule has 112 valence electrons. The van der Waals surface area contributed by atoms with Crippen LogP contribution in [0, 0.1) is 0 Å². The number of methoxy groups -OCH3 is 1. The second-order valence-electron chi connectivity index (χ2n) is 5.20. The van der Waals surface area contributed by atoms with Crippen LogP contribution in [0.2, 0.25) is 0 Å². The van der Waals surface area contributed by atoms with E-state index in [0.29, 0.717) is 0 Å². The van der Waals surface area contributed by atoms with Gasteiger partial charge in [0.1, 0.15) is 0 Å². The van der Waals surface area contributed by atoms with Crippen LogP contribution in [0.5, 0.6) is 11.5 Å². The predicted octanol–water partition coefficient (Wildman–Crippen LogP) is 3.77. The van der Waals surface area contributed by atoms with Gasteiger partial charge in [-0.3, -0.25) is 0 Å². The molecule has 0 saturated heterocycles. The lowest BCUT2D eigenvalue weighted by Gasteiger charge is -2.17. The second kappa shape index (κ2) is 7.70. The minimum atomic E-state index is 0.120. The zero-order valence-corrected chi connectivity index (χ0v) is 12.9. The molecule has 0 amide bonds. The molecular formula is C18H23NO2. The molecule has 0 saturated carbocycles. The topological polar surface area (TPSA) is 30.5 Å². The highest BCUT2D eigenvalue weighted by molar-refractivity contribution is 5.46. The molecule has 0 fully saturated rings. The highest BCUT2D eigenvalue weighted by Crippen LogP contribution is 2.31. The number of rotatable bonds is 7. The van der Waals surface area contributed by atoms with E-state index in [-0.39, 0.29) is 6.10 Å². The summed E-state index contributed by atoms with van der Waals surface area (Å²) in [4.78, 5) is 0. The van der Waals surface area contributed by atoms with Crippen LogP contribution in [-0.2, 0) is 13.1 Å². The first-order valence-corrected chi connectivity index (χ1v) is 7.28. The summed E-state index contributed by atoms with van der Waals surface area (Å²) < 4.78 is 11.3. The number of nitrogens with one attached hydrogen (secondary N) is 1. The summed E-state index contributed by atoms with van der Waals surface area (Å²) in [6.45, 7) is 5.62. The van der Waals surface area contributed by atoms with Gasteiger partial charge in [-0.1, -0.05) is 42.5 Å². The van der Waals surface area contributed by atoms with Crippen molar-refractivity contribution in [3.05, 3.63) is 59.7 Å². The van der Waals surface area contributed by atoms with Gasteiger partial charge in [-0.2, -0.15) is 0 Å². The fraction of sp³-hybridized carbons (Fsp3) is 0.333. The summed E-state index contributed by atoms with van der Waals surface area (Å²) in [5, 5.41) is 3.45. The molecule has 21 heavy (non-hydrogen) atoms. The molecule has 2 aromatic carbocycles. The average molecular weight is 285 g/mol. The van der Waals surface area contributed by atoms with Crippen LogP contribution in [0.3, 0.4) is 0 Å². The largest absolute Gasteiger partial charge is 0.493 e. The number of para-hydroxylation sites is 1. The number of hydrogen-bond donors (Lipinski definition) is 1. The third-order valence-electron chi connectivity index (χ3n) is 3.12. The molecule has 0 radical (unpaired) electrons. The Morgan fingerprint density at radius 3 is 2.38 bits per heavy atom. The van der Waals surface area contributed by atoms with E-state index < -0.39 is 0 Å². The summed E-state index contributed by atoms with van der Waals surface area (Å²) in [5.41, 5.74) is 2.38. The summed E-state index contributed by atoms with van der Waals surface area (Å²) in [6, 6.07) is 16.3. The molecule has 2 aromatic rings. The molecule has 2 rings (SSSR count). The molecule has 3 heteroatoms. The van der Waals surface area contributed by atoms with Crippen molar-refractivity contribution in [2.75, 3.05) is 7.11 Å². The molecule has 1 N–H and O–H groups in total. The molecule has 0 aliphatic rings. The maximum absolute atomic E-state index is 5.91. The minimum Gasteiger partial charge on any atom is -0.493 e. The Bertz CT molecular complexity index is 552. The normalized spacial score (nSPS) is 10.7. The van der Waals surface area contributed by atoms with Crippen LogP contribution in [-0.4, -0.2) is 13.2 Å². The van der Waals surface area contributed by atoms with Gasteiger partial charge in [-0.05, 0) is 25.5 Å². The van der Waals surface area contributed by atoms with E-state index in [1.54, 1.807) is 7.11 Å². The molecule has 0 aromatic heterocycles. The lowest BCUT2D eigenvalue weighted by Crippen LogP contribution is -2.15. The average Bonchev–Trinajstić information content (AvgIpc) is 2.49. The van der Waals surface area contributed by atoms with Gasteiger partial charge in [0, 0.05) is 18.7 Å². The fourth-order valence-corrected chi connectivity index (χ4v) is 2.17. The predicted molar refractivity (Wildman–Crippen MR) is 85.7 cm³/mol. The van der Waals surface area contributed by atoms with Crippen molar-refractivity contribution in [1.29, 1.82) is 0 Å². The molecule has 0 unspecified atom stereocenters. The van der Waals surface area contributed by atoms with Crippen molar-refractivity contribution >= 4 is 0 Å². The van der Waals surface area contributed by atoms with Crippen LogP contribution in [0.4, 0.5) is 0 Å². The zero-order valence-electron chi connectivity index (χ0n) is 12.9. The van der Waals surface area contributed by atoms with E-state index >= 15 is 0 Å². The highest BCUT2D eigenvalue weighted by Gasteiger charge is 2.11. The number of hydrogen-bond acceptors (Lipinski definition) is 3. The maximum atomic E-state index is 5.91. The quantitative estimate of drug-likeness (QED) is 0.840. The molecule has 0 spiro atoms. The number of benzene rings is 2. The van der Waals surface area contributed by atoms with Crippen molar-refractivity contribution in [2.24, 2.45) is 0 Å². The molecule has 0 aliphatic heterocycles. The van der Waals surface area contributed by atoms with Gasteiger partial charge < -0.3 is 14.8 Å². The monoisotopic (exact) mass is 285 g/mol. The minimum absolute atomic E-state index is 0.120. The first kappa shape index (κ1) is 15.4. The van der Waals surface area contributed by atoms with Crippen molar-refractivity contribution in [3.8, 4) is 11.5 Å². The Hall–Kier alpha value is -2.00. The Morgan fingerprint density at radius 2 is 1.71 bits per heavy atom. The van der Waals surface area contributed by atoms with Crippen LogP contribution < -0.4 is 14.8 Å². The van der Waals surface area contributed by atoms with Crippen LogP contribution in [0.15, 0.2) is 48.5 Å². The van der Waals surface area contributed by atoms with Crippen LogP contribution in [0.25, 0.3) is 0 Å². The SMILES string of the molecule is COc1cccc(CNCc2ccccc2)c1OC(C)C. The lowest BCUT2D eigenvalue weighted by atomic mass is 10.1. The third-order valence-corrected chi connectivity index (χ3v) is 3.12.